The summed E-state index contributed by atoms with van der Waals surface area (Å²) in [5, 5.41) is 6.99. The van der Waals surface area contributed by atoms with E-state index in [1.54, 1.807) is 35.1 Å². The first kappa shape index (κ1) is 49.4. The lowest BCUT2D eigenvalue weighted by Crippen LogP contribution is -2.49. The number of sulfonamides is 1. The van der Waals surface area contributed by atoms with Crippen molar-refractivity contribution in [3.05, 3.63) is 54.0 Å². The molecule has 54 heavy (non-hydrogen) atoms. The molecule has 1 aromatic carbocycles. The largest absolute Gasteiger partial charge is 0.497 e. The highest BCUT2D eigenvalue weighted by Gasteiger charge is 2.37. The minimum absolute atomic E-state index is 0.0102. The van der Waals surface area contributed by atoms with Gasteiger partial charge in [-0.15, -0.1) is 26.0 Å². The van der Waals surface area contributed by atoms with Gasteiger partial charge in [-0.1, -0.05) is 47.5 Å². The van der Waals surface area contributed by atoms with E-state index in [1.807, 2.05) is 26.0 Å². The number of rotatable bonds is 9. The Labute approximate surface area is 322 Å². The molecule has 1 aromatic heterocycles. The second kappa shape index (κ2) is 27.0. The number of H-pyrrole nitrogens is 1. The average molecular weight is 774 g/mol. The molecule has 4 fully saturated rings. The van der Waals surface area contributed by atoms with Crippen molar-refractivity contribution in [3.8, 4) is 18.6 Å². The van der Waals surface area contributed by atoms with E-state index in [2.05, 4.69) is 62.4 Å². The Kier molecular flexibility index (Phi) is 24.7. The number of hydrogen-bond acceptors (Lipinski definition) is 8. The summed E-state index contributed by atoms with van der Waals surface area (Å²) in [7, 11) is -1.65. The number of likely N-dealkylation sites (tertiary alicyclic amines) is 1. The second-order valence-corrected chi connectivity index (χ2v) is 15.2. The molecule has 14 heteroatoms. The molecule has 6 rings (SSSR count). The summed E-state index contributed by atoms with van der Waals surface area (Å²) in [5.41, 5.74) is -0.0693. The fourth-order valence-electron chi connectivity index (χ4n) is 5.30. The van der Waals surface area contributed by atoms with Gasteiger partial charge < -0.3 is 25.3 Å². The Balaban J connectivity index is 0.000000747. The summed E-state index contributed by atoms with van der Waals surface area (Å²) in [6.45, 7) is 17.1. The summed E-state index contributed by atoms with van der Waals surface area (Å²) in [6.07, 6.45) is 18.9. The lowest BCUT2D eigenvalue weighted by atomic mass is 10.1. The molecule has 0 bridgehead atoms. The molecule has 4 N–H and O–H groups in total. The zero-order chi connectivity index (χ0) is 41.3. The van der Waals surface area contributed by atoms with E-state index in [4.69, 9.17) is 4.74 Å². The Hall–Kier alpha value is -4.64. The third-order valence-corrected chi connectivity index (χ3v) is 9.87. The summed E-state index contributed by atoms with van der Waals surface area (Å²) >= 11 is 0. The number of methoxy groups -OCH3 is 1. The molecule has 3 aliphatic carbocycles. The molecule has 302 valence electrons. The normalized spacial score (nSPS) is 16.8. The fraction of sp³-hybridized carbons (Fsp3) is 0.575. The molecular formula is C40H63N5O8S. The molecule has 0 radical (unpaired) electrons. The predicted molar refractivity (Wildman–Crippen MR) is 216 cm³/mol. The van der Waals surface area contributed by atoms with Crippen LogP contribution in [-0.4, -0.2) is 80.0 Å². The number of hydrogen-bond donors (Lipinski definition) is 4. The van der Waals surface area contributed by atoms with E-state index in [0.29, 0.717) is 30.8 Å². The summed E-state index contributed by atoms with van der Waals surface area (Å²) in [6, 6.07) is 7.18. The minimum Gasteiger partial charge on any atom is -0.497 e. The Morgan fingerprint density at radius 2 is 1.56 bits per heavy atom. The monoisotopic (exact) mass is 773 g/mol. The maximum Gasteiger partial charge on any atom is 0.255 e. The van der Waals surface area contributed by atoms with Crippen LogP contribution in [0.3, 0.4) is 0 Å². The van der Waals surface area contributed by atoms with Crippen molar-refractivity contribution in [1.29, 1.82) is 0 Å². The maximum absolute atomic E-state index is 12.3. The average Bonchev–Trinajstić information content (AvgIpc) is 4.09. The van der Waals surface area contributed by atoms with Crippen molar-refractivity contribution in [3.63, 3.8) is 0 Å². The molecule has 1 aliphatic heterocycles. The van der Waals surface area contributed by atoms with Crippen LogP contribution in [0.1, 0.15) is 98.8 Å². The van der Waals surface area contributed by atoms with Crippen LogP contribution in [0.15, 0.2) is 48.4 Å². The van der Waals surface area contributed by atoms with Crippen LogP contribution in [0, 0.1) is 24.7 Å². The molecule has 3 saturated carbocycles. The Morgan fingerprint density at radius 1 is 0.963 bits per heavy atom. The number of fused-ring (bicyclic) bond motifs is 1. The number of aromatic nitrogens is 1. The Bertz CT molecular complexity index is 1610. The number of nitrogens with zero attached hydrogens (tertiary/aromatic N) is 1. The van der Waals surface area contributed by atoms with Gasteiger partial charge in [-0.05, 0) is 86.9 Å². The zero-order valence-electron chi connectivity index (χ0n) is 33.0. The first-order valence-electron chi connectivity index (χ1n) is 18.7. The highest BCUT2D eigenvalue weighted by atomic mass is 32.2. The number of carbonyl (C=O) groups is 4. The number of benzene rings is 1. The molecule has 1 saturated heterocycles. The summed E-state index contributed by atoms with van der Waals surface area (Å²) < 4.78 is 28.1. The maximum atomic E-state index is 12.3. The van der Waals surface area contributed by atoms with Crippen molar-refractivity contribution < 1.29 is 32.3 Å². The minimum atomic E-state index is -3.26. The van der Waals surface area contributed by atoms with Gasteiger partial charge in [0.25, 0.3) is 5.56 Å². The SMILES string of the molecule is C#C.C=C.CC.CC(C)C.COc1ccc2c(=O)[nH]ccc2c1.O=C(NCC(=O)N1CCC[C@H]1C(=O)NC1CC1)C1CCCC1.O=CNS(=O)(=O)C1CC1. The molecule has 4 aliphatic rings. The highest BCUT2D eigenvalue weighted by Crippen LogP contribution is 2.27. The van der Waals surface area contributed by atoms with Crippen molar-refractivity contribution in [1.82, 2.24) is 25.2 Å². The molecule has 1 atom stereocenters. The summed E-state index contributed by atoms with van der Waals surface area (Å²) in [5.74, 6) is 1.48. The van der Waals surface area contributed by atoms with Crippen molar-refractivity contribution in [2.24, 2.45) is 11.8 Å². The number of pyridine rings is 1. The number of terminal acetylenes is 1. The van der Waals surface area contributed by atoms with Crippen LogP contribution in [0.5, 0.6) is 5.75 Å². The van der Waals surface area contributed by atoms with E-state index in [9.17, 15) is 32.4 Å². The van der Waals surface area contributed by atoms with Crippen molar-refractivity contribution in [2.45, 2.75) is 116 Å². The number of ether oxygens (including phenoxy) is 1. The van der Waals surface area contributed by atoms with Gasteiger partial charge >= 0.3 is 0 Å². The first-order valence-corrected chi connectivity index (χ1v) is 20.2. The van der Waals surface area contributed by atoms with Gasteiger partial charge in [0.2, 0.25) is 34.2 Å². The standard InChI is InChI=1S/C16H25N3O3.C10H9NO2.C4H7NO3S.C4H10.C2H6.C2H4.C2H2/c20-14(10-17-15(21)11-4-1-2-5-11)19-9-3-6-13(19)16(22)18-12-7-8-12;1-13-8-2-3-9-7(6-8)4-5-11-10(9)12;6-3-5-9(7,8)4-1-2-4;1-4(2)3;3*1-2/h11-13H,1-10H2,(H,17,21)(H,18,22);2-6H,1H3,(H,11,12);3-4H,1-2H2,(H,5,6);4H,1-3H3;1-2H3;1-2H2;1-2H/t13-;;;;;;/m0....../s1. The van der Waals surface area contributed by atoms with Crippen LogP contribution in [0.4, 0.5) is 0 Å². The van der Waals surface area contributed by atoms with Gasteiger partial charge in [-0.3, -0.25) is 28.7 Å². The van der Waals surface area contributed by atoms with Gasteiger partial charge in [0, 0.05) is 30.1 Å². The quantitative estimate of drug-likeness (QED) is 0.155. The number of aromatic amines is 1. The molecule has 0 unspecified atom stereocenters. The molecule has 2 aromatic rings. The van der Waals surface area contributed by atoms with Gasteiger partial charge in [0.05, 0.1) is 18.9 Å². The predicted octanol–water partition coefficient (Wildman–Crippen LogP) is 5.06. The number of nitrogens with one attached hydrogen (secondary N) is 4. The lowest BCUT2D eigenvalue weighted by Gasteiger charge is -2.24. The third-order valence-electron chi connectivity index (χ3n) is 8.10. The molecule has 0 spiro atoms. The van der Waals surface area contributed by atoms with Gasteiger partial charge in [0.15, 0.2) is 0 Å². The van der Waals surface area contributed by atoms with Crippen LogP contribution in [-0.2, 0) is 29.2 Å². The van der Waals surface area contributed by atoms with Gasteiger partial charge in [-0.2, -0.15) is 0 Å². The van der Waals surface area contributed by atoms with Crippen LogP contribution < -0.4 is 25.7 Å². The van der Waals surface area contributed by atoms with E-state index in [1.165, 1.54) is 0 Å². The molecular weight excluding hydrogens is 711 g/mol. The smallest absolute Gasteiger partial charge is 0.255 e. The molecule has 2 heterocycles. The van der Waals surface area contributed by atoms with E-state index in [-0.39, 0.29) is 53.4 Å². The lowest BCUT2D eigenvalue weighted by molar-refractivity contribution is -0.139. The van der Waals surface area contributed by atoms with E-state index in [0.717, 1.165) is 68.4 Å². The van der Waals surface area contributed by atoms with Crippen LogP contribution >= 0.6 is 0 Å². The Morgan fingerprint density at radius 3 is 2.07 bits per heavy atom. The zero-order valence-corrected chi connectivity index (χ0v) is 33.8. The fourth-order valence-corrected chi connectivity index (χ4v) is 6.38. The van der Waals surface area contributed by atoms with Crippen molar-refractivity contribution >= 4 is 44.9 Å². The van der Waals surface area contributed by atoms with Gasteiger partial charge in [0.1, 0.15) is 11.8 Å². The molecule has 4 amide bonds. The van der Waals surface area contributed by atoms with E-state index >= 15 is 0 Å². The first-order chi connectivity index (χ1) is 25.9. The van der Waals surface area contributed by atoms with Crippen molar-refractivity contribution in [2.75, 3.05) is 20.2 Å². The number of amides is 4. The topological polar surface area (TPSA) is 184 Å². The molecule has 13 nitrogen and oxygen atoms in total. The highest BCUT2D eigenvalue weighted by molar-refractivity contribution is 7.90. The van der Waals surface area contributed by atoms with Gasteiger partial charge in [-0.25, -0.2) is 8.42 Å². The van der Waals surface area contributed by atoms with Crippen LogP contribution in [0.25, 0.3) is 10.8 Å². The van der Waals surface area contributed by atoms with E-state index < -0.39 is 10.0 Å². The van der Waals surface area contributed by atoms with Crippen LogP contribution in [0.2, 0.25) is 0 Å². The third kappa shape index (κ3) is 18.4. The second-order valence-electron chi connectivity index (χ2n) is 13.2. The number of carbonyl (C=O) groups excluding carboxylic acids is 4. The summed E-state index contributed by atoms with van der Waals surface area (Å²) in [4.78, 5) is 61.6.